The van der Waals surface area contributed by atoms with Crippen LogP contribution in [0.1, 0.15) is 11.7 Å². The highest BCUT2D eigenvalue weighted by Gasteiger charge is 2.22. The number of hydrazine groups is 1. The Balaban J connectivity index is 2.22. The van der Waals surface area contributed by atoms with Crippen molar-refractivity contribution in [2.24, 2.45) is 5.84 Å². The molecule has 0 saturated heterocycles. The van der Waals surface area contributed by atoms with Crippen LogP contribution in [-0.4, -0.2) is 25.0 Å². The lowest BCUT2D eigenvalue weighted by Gasteiger charge is -2.05. The first-order chi connectivity index (χ1) is 9.11. The van der Waals surface area contributed by atoms with Crippen molar-refractivity contribution in [1.82, 2.24) is 20.1 Å². The molecular formula is C8H10N8O3. The number of nitrogens with one attached hydrogen (secondary N) is 2. The molecule has 2 heterocycles. The van der Waals surface area contributed by atoms with Gasteiger partial charge in [0.25, 0.3) is 0 Å². The molecular weight excluding hydrogens is 256 g/mol. The van der Waals surface area contributed by atoms with Gasteiger partial charge in [0.05, 0.1) is 11.5 Å². The summed E-state index contributed by atoms with van der Waals surface area (Å²) in [6.07, 6.45) is 1.14. The fourth-order valence-corrected chi connectivity index (χ4v) is 1.36. The van der Waals surface area contributed by atoms with Gasteiger partial charge in [-0.25, -0.2) is 15.8 Å². The van der Waals surface area contributed by atoms with E-state index in [0.717, 1.165) is 6.33 Å². The van der Waals surface area contributed by atoms with Crippen molar-refractivity contribution in [3.8, 4) is 0 Å². The van der Waals surface area contributed by atoms with E-state index < -0.39 is 4.92 Å². The Labute approximate surface area is 106 Å². The van der Waals surface area contributed by atoms with Crippen molar-refractivity contribution >= 4 is 17.3 Å². The molecule has 2 aromatic rings. The van der Waals surface area contributed by atoms with Crippen LogP contribution < -0.4 is 16.6 Å². The van der Waals surface area contributed by atoms with E-state index in [9.17, 15) is 10.1 Å². The second kappa shape index (κ2) is 5.22. The Morgan fingerprint density at radius 3 is 2.79 bits per heavy atom. The van der Waals surface area contributed by atoms with Crippen molar-refractivity contribution in [2.75, 3.05) is 10.7 Å². The molecule has 0 aliphatic rings. The highest BCUT2D eigenvalue weighted by molar-refractivity contribution is 5.68. The number of nitrogens with zero attached hydrogens (tertiary/aromatic N) is 5. The monoisotopic (exact) mass is 266 g/mol. The number of anilines is 2. The highest BCUT2D eigenvalue weighted by Crippen LogP contribution is 2.28. The number of nitrogen functional groups attached to an aromatic ring is 1. The van der Waals surface area contributed by atoms with Gasteiger partial charge in [0, 0.05) is 0 Å². The van der Waals surface area contributed by atoms with Crippen LogP contribution in [-0.2, 0) is 6.54 Å². The molecule has 0 aliphatic heterocycles. The predicted octanol–water partition coefficient (Wildman–Crippen LogP) is -0.0261. The maximum Gasteiger partial charge on any atom is 0.354 e. The van der Waals surface area contributed by atoms with E-state index in [1.165, 1.54) is 0 Å². The molecule has 2 aromatic heterocycles. The SMILES string of the molecule is Cc1noc(CNc2ncnc(NN)c2[N+](=O)[O-])n1. The third-order valence-electron chi connectivity index (χ3n) is 2.12. The van der Waals surface area contributed by atoms with Crippen molar-refractivity contribution in [3.63, 3.8) is 0 Å². The van der Waals surface area contributed by atoms with Gasteiger partial charge in [0.1, 0.15) is 6.33 Å². The van der Waals surface area contributed by atoms with Gasteiger partial charge in [-0.05, 0) is 6.92 Å². The Hall–Kier alpha value is -2.82. The molecule has 11 heteroatoms. The molecule has 0 radical (unpaired) electrons. The van der Waals surface area contributed by atoms with Gasteiger partial charge in [-0.3, -0.25) is 10.1 Å². The molecule has 11 nitrogen and oxygen atoms in total. The highest BCUT2D eigenvalue weighted by atomic mass is 16.6. The van der Waals surface area contributed by atoms with E-state index in [4.69, 9.17) is 10.4 Å². The summed E-state index contributed by atoms with van der Waals surface area (Å²) in [5, 5.41) is 17.3. The predicted molar refractivity (Wildman–Crippen MR) is 62.9 cm³/mol. The summed E-state index contributed by atoms with van der Waals surface area (Å²) in [5.74, 6) is 5.82. The maximum atomic E-state index is 11.0. The van der Waals surface area contributed by atoms with Gasteiger partial charge >= 0.3 is 5.69 Å². The lowest BCUT2D eigenvalue weighted by molar-refractivity contribution is -0.383. The average Bonchev–Trinajstić information content (AvgIpc) is 2.81. The summed E-state index contributed by atoms with van der Waals surface area (Å²) in [6.45, 7) is 1.76. The molecule has 0 amide bonds. The Kier molecular flexibility index (Phi) is 3.47. The van der Waals surface area contributed by atoms with Gasteiger partial charge in [0.2, 0.25) is 17.5 Å². The van der Waals surface area contributed by atoms with Crippen LogP contribution in [0.2, 0.25) is 0 Å². The van der Waals surface area contributed by atoms with Gasteiger partial charge < -0.3 is 15.3 Å². The Morgan fingerprint density at radius 2 is 2.21 bits per heavy atom. The smallest absolute Gasteiger partial charge is 0.354 e. The lowest BCUT2D eigenvalue weighted by Crippen LogP contribution is -2.13. The van der Waals surface area contributed by atoms with Crippen LogP contribution in [0.4, 0.5) is 17.3 Å². The van der Waals surface area contributed by atoms with Crippen molar-refractivity contribution in [2.45, 2.75) is 13.5 Å². The number of rotatable bonds is 5. The number of aromatic nitrogens is 4. The molecule has 0 atom stereocenters. The lowest BCUT2D eigenvalue weighted by atomic mass is 10.4. The molecule has 0 fully saturated rings. The minimum absolute atomic E-state index is 0.00352. The van der Waals surface area contributed by atoms with E-state index in [0.29, 0.717) is 5.82 Å². The normalized spacial score (nSPS) is 10.2. The summed E-state index contributed by atoms with van der Waals surface area (Å²) < 4.78 is 4.87. The second-order valence-electron chi connectivity index (χ2n) is 3.41. The fourth-order valence-electron chi connectivity index (χ4n) is 1.36. The molecule has 100 valence electrons. The van der Waals surface area contributed by atoms with Crippen LogP contribution in [0.3, 0.4) is 0 Å². The zero-order chi connectivity index (χ0) is 13.8. The van der Waals surface area contributed by atoms with Crippen molar-refractivity contribution in [3.05, 3.63) is 28.2 Å². The minimum Gasteiger partial charge on any atom is -0.355 e. The zero-order valence-corrected chi connectivity index (χ0v) is 9.82. The van der Waals surface area contributed by atoms with E-state index in [1.54, 1.807) is 6.92 Å². The van der Waals surface area contributed by atoms with Crippen molar-refractivity contribution < 1.29 is 9.45 Å². The summed E-state index contributed by atoms with van der Waals surface area (Å²) in [6, 6.07) is 0. The molecule has 0 spiro atoms. The number of hydrogen-bond donors (Lipinski definition) is 3. The molecule has 0 aliphatic carbocycles. The van der Waals surface area contributed by atoms with Crippen LogP contribution in [0, 0.1) is 17.0 Å². The molecule has 0 aromatic carbocycles. The molecule has 0 bridgehead atoms. The third kappa shape index (κ3) is 2.71. The first-order valence-corrected chi connectivity index (χ1v) is 5.11. The zero-order valence-electron chi connectivity index (χ0n) is 9.82. The number of hydrogen-bond acceptors (Lipinski definition) is 10. The second-order valence-corrected chi connectivity index (χ2v) is 3.41. The number of aryl methyl sites for hydroxylation is 1. The van der Waals surface area contributed by atoms with Crippen molar-refractivity contribution in [1.29, 1.82) is 0 Å². The van der Waals surface area contributed by atoms with Gasteiger partial charge in [-0.15, -0.1) is 0 Å². The average molecular weight is 266 g/mol. The van der Waals surface area contributed by atoms with E-state index in [-0.39, 0.29) is 29.8 Å². The number of nitro groups is 1. The van der Waals surface area contributed by atoms with E-state index >= 15 is 0 Å². The van der Waals surface area contributed by atoms with Crippen LogP contribution in [0.5, 0.6) is 0 Å². The Bertz CT molecular complexity index is 597. The standard InChI is InChI=1S/C8H10N8O3/c1-4-13-5(19-15-4)2-10-7-6(16(17)18)8(14-9)12-3-11-7/h3H,2,9H2,1H3,(H2,10,11,12,14). The molecule has 0 saturated carbocycles. The molecule has 19 heavy (non-hydrogen) atoms. The summed E-state index contributed by atoms with van der Waals surface area (Å²) in [4.78, 5) is 21.7. The van der Waals surface area contributed by atoms with E-state index in [1.807, 2.05) is 0 Å². The van der Waals surface area contributed by atoms with Crippen LogP contribution >= 0.6 is 0 Å². The molecule has 0 unspecified atom stereocenters. The molecule has 4 N–H and O–H groups in total. The molecule has 2 rings (SSSR count). The maximum absolute atomic E-state index is 11.0. The fraction of sp³-hybridized carbons (Fsp3) is 0.250. The topological polar surface area (TPSA) is 158 Å². The first-order valence-electron chi connectivity index (χ1n) is 5.11. The minimum atomic E-state index is -0.642. The number of nitrogens with two attached hydrogens (primary N) is 1. The third-order valence-corrected chi connectivity index (χ3v) is 2.12. The summed E-state index contributed by atoms with van der Waals surface area (Å²) >= 11 is 0. The van der Waals surface area contributed by atoms with Crippen LogP contribution in [0.15, 0.2) is 10.9 Å². The first kappa shape index (κ1) is 12.6. The largest absolute Gasteiger partial charge is 0.355 e. The van der Waals surface area contributed by atoms with Gasteiger partial charge in [-0.1, -0.05) is 5.16 Å². The van der Waals surface area contributed by atoms with Gasteiger partial charge in [-0.2, -0.15) is 4.98 Å². The quantitative estimate of drug-likeness (QED) is 0.381. The summed E-state index contributed by atoms with van der Waals surface area (Å²) in [7, 11) is 0. The van der Waals surface area contributed by atoms with Gasteiger partial charge in [0.15, 0.2) is 5.82 Å². The summed E-state index contributed by atoms with van der Waals surface area (Å²) in [5.41, 5.74) is 1.78. The Morgan fingerprint density at radius 1 is 1.47 bits per heavy atom. The van der Waals surface area contributed by atoms with Crippen LogP contribution in [0.25, 0.3) is 0 Å². The van der Waals surface area contributed by atoms with E-state index in [2.05, 4.69) is 30.9 Å².